The Bertz CT molecular complexity index is 669. The first-order valence-corrected chi connectivity index (χ1v) is 7.77. The van der Waals surface area contributed by atoms with Crippen molar-refractivity contribution in [3.63, 3.8) is 0 Å². The minimum absolute atomic E-state index is 0.0708. The van der Waals surface area contributed by atoms with E-state index in [9.17, 15) is 8.42 Å². The average Bonchev–Trinajstić information content (AvgIpc) is 2.39. The number of halogens is 1. The topological polar surface area (TPSA) is 66.4 Å². The van der Waals surface area contributed by atoms with Crippen LogP contribution in [-0.4, -0.2) is 13.5 Å². The summed E-state index contributed by atoms with van der Waals surface area (Å²) < 4.78 is 27.4. The van der Waals surface area contributed by atoms with E-state index in [1.165, 1.54) is 12.1 Å². The van der Waals surface area contributed by atoms with Crippen LogP contribution in [0, 0.1) is 0 Å². The van der Waals surface area contributed by atoms with Crippen LogP contribution in [-0.2, 0) is 16.6 Å². The maximum absolute atomic E-state index is 12.1. The minimum atomic E-state index is -3.60. The van der Waals surface area contributed by atoms with Crippen LogP contribution in [0.15, 0.2) is 57.9 Å². The molecule has 0 unspecified atom stereocenters. The third-order valence-electron chi connectivity index (χ3n) is 2.50. The van der Waals surface area contributed by atoms with Gasteiger partial charge < -0.3 is 5.11 Å². The Hall–Kier alpha value is -1.37. The second-order valence-electron chi connectivity index (χ2n) is 3.92. The Morgan fingerprint density at radius 3 is 2.37 bits per heavy atom. The van der Waals surface area contributed by atoms with Crippen LogP contribution in [0.4, 0.5) is 5.69 Å². The summed E-state index contributed by atoms with van der Waals surface area (Å²) in [6.45, 7) is -0.0708. The molecule has 0 aliphatic rings. The maximum Gasteiger partial charge on any atom is 0.261 e. The fraction of sp³-hybridized carbons (Fsp3) is 0.0769. The summed E-state index contributed by atoms with van der Waals surface area (Å²) >= 11 is 3.24. The number of hydrogen-bond donors (Lipinski definition) is 2. The Morgan fingerprint density at radius 1 is 1.11 bits per heavy atom. The molecule has 19 heavy (non-hydrogen) atoms. The van der Waals surface area contributed by atoms with Crippen molar-refractivity contribution in [3.05, 3.63) is 58.6 Å². The molecule has 0 atom stereocenters. The monoisotopic (exact) mass is 341 g/mol. The fourth-order valence-corrected chi connectivity index (χ4v) is 3.18. The molecule has 0 aromatic heterocycles. The molecule has 0 amide bonds. The third kappa shape index (κ3) is 3.56. The van der Waals surface area contributed by atoms with Crippen LogP contribution in [0.1, 0.15) is 5.56 Å². The molecule has 0 aliphatic heterocycles. The van der Waals surface area contributed by atoms with E-state index < -0.39 is 10.0 Å². The van der Waals surface area contributed by atoms with Gasteiger partial charge in [-0.15, -0.1) is 0 Å². The zero-order valence-electron chi connectivity index (χ0n) is 9.88. The number of anilines is 1. The van der Waals surface area contributed by atoms with Crippen LogP contribution in [0.25, 0.3) is 0 Å². The van der Waals surface area contributed by atoms with Gasteiger partial charge in [0.05, 0.1) is 11.5 Å². The summed E-state index contributed by atoms with van der Waals surface area (Å²) in [6, 6.07) is 13.0. The van der Waals surface area contributed by atoms with E-state index in [0.717, 1.165) is 5.56 Å². The van der Waals surface area contributed by atoms with E-state index in [2.05, 4.69) is 20.7 Å². The molecule has 4 nitrogen and oxygen atoms in total. The van der Waals surface area contributed by atoms with Crippen molar-refractivity contribution in [2.24, 2.45) is 0 Å². The molecule has 0 aliphatic carbocycles. The summed E-state index contributed by atoms with van der Waals surface area (Å²) in [6.07, 6.45) is 0. The first kappa shape index (κ1) is 14.0. The van der Waals surface area contributed by atoms with Crippen molar-refractivity contribution in [1.29, 1.82) is 0 Å². The van der Waals surface area contributed by atoms with Gasteiger partial charge in [-0.3, -0.25) is 4.72 Å². The number of sulfonamides is 1. The Kier molecular flexibility index (Phi) is 4.24. The lowest BCUT2D eigenvalue weighted by Crippen LogP contribution is -2.12. The third-order valence-corrected chi connectivity index (χ3v) is 4.37. The maximum atomic E-state index is 12.1. The Morgan fingerprint density at radius 2 is 1.79 bits per heavy atom. The molecule has 0 fully saturated rings. The summed E-state index contributed by atoms with van der Waals surface area (Å²) in [7, 11) is -3.60. The van der Waals surface area contributed by atoms with E-state index >= 15 is 0 Å². The lowest BCUT2D eigenvalue weighted by Gasteiger charge is -2.08. The smallest absolute Gasteiger partial charge is 0.261 e. The first-order chi connectivity index (χ1) is 9.01. The van der Waals surface area contributed by atoms with Gasteiger partial charge in [-0.25, -0.2) is 8.42 Å². The van der Waals surface area contributed by atoms with Crippen LogP contribution in [0.2, 0.25) is 0 Å². The molecular formula is C13H12BrNO3S. The highest BCUT2D eigenvalue weighted by molar-refractivity contribution is 9.10. The van der Waals surface area contributed by atoms with Crippen molar-refractivity contribution in [1.82, 2.24) is 0 Å². The van der Waals surface area contributed by atoms with Gasteiger partial charge in [0, 0.05) is 10.2 Å². The van der Waals surface area contributed by atoms with Crippen molar-refractivity contribution in [2.75, 3.05) is 4.72 Å². The molecule has 6 heteroatoms. The summed E-state index contributed by atoms with van der Waals surface area (Å²) in [5, 5.41) is 8.93. The van der Waals surface area contributed by atoms with Gasteiger partial charge >= 0.3 is 0 Å². The molecule has 0 saturated heterocycles. The molecule has 2 aromatic rings. The molecule has 2 rings (SSSR count). The number of rotatable bonds is 4. The normalized spacial score (nSPS) is 11.3. The number of aliphatic hydroxyl groups is 1. The lowest BCUT2D eigenvalue weighted by atomic mass is 10.2. The number of hydrogen-bond acceptors (Lipinski definition) is 3. The molecule has 0 saturated carbocycles. The standard InChI is InChI=1S/C13H12BrNO3S/c14-11-2-1-3-13(8-11)19(17,18)15-12-6-4-10(9-16)5-7-12/h1-8,15-16H,9H2. The van der Waals surface area contributed by atoms with E-state index in [-0.39, 0.29) is 11.5 Å². The second kappa shape index (κ2) is 5.73. The van der Waals surface area contributed by atoms with Crippen LogP contribution in [0.5, 0.6) is 0 Å². The van der Waals surface area contributed by atoms with Gasteiger partial charge in [0.15, 0.2) is 0 Å². The van der Waals surface area contributed by atoms with Gasteiger partial charge in [-0.05, 0) is 35.9 Å². The van der Waals surface area contributed by atoms with Crippen LogP contribution >= 0.6 is 15.9 Å². The SMILES string of the molecule is O=S(=O)(Nc1ccc(CO)cc1)c1cccc(Br)c1. The zero-order chi connectivity index (χ0) is 13.9. The molecular weight excluding hydrogens is 330 g/mol. The fourth-order valence-electron chi connectivity index (χ4n) is 1.53. The van der Waals surface area contributed by atoms with E-state index in [1.807, 2.05) is 0 Å². The predicted molar refractivity (Wildman–Crippen MR) is 77.3 cm³/mol. The molecule has 2 aromatic carbocycles. The molecule has 2 N–H and O–H groups in total. The van der Waals surface area contributed by atoms with Gasteiger partial charge in [0.25, 0.3) is 10.0 Å². The Labute approximate surface area is 120 Å². The zero-order valence-corrected chi connectivity index (χ0v) is 12.3. The van der Waals surface area contributed by atoms with Gasteiger partial charge in [-0.1, -0.05) is 34.1 Å². The lowest BCUT2D eigenvalue weighted by molar-refractivity contribution is 0.282. The Balaban J connectivity index is 2.25. The van der Waals surface area contributed by atoms with Crippen molar-refractivity contribution < 1.29 is 13.5 Å². The summed E-state index contributed by atoms with van der Waals surface area (Å²) in [5.74, 6) is 0. The molecule has 0 radical (unpaired) electrons. The van der Waals surface area contributed by atoms with E-state index in [0.29, 0.717) is 10.2 Å². The van der Waals surface area contributed by atoms with Gasteiger partial charge in [0.2, 0.25) is 0 Å². The highest BCUT2D eigenvalue weighted by atomic mass is 79.9. The van der Waals surface area contributed by atoms with E-state index in [1.54, 1.807) is 36.4 Å². The van der Waals surface area contributed by atoms with Crippen LogP contribution < -0.4 is 4.72 Å². The van der Waals surface area contributed by atoms with Crippen molar-refractivity contribution in [2.45, 2.75) is 11.5 Å². The minimum Gasteiger partial charge on any atom is -0.392 e. The average molecular weight is 342 g/mol. The van der Waals surface area contributed by atoms with Gasteiger partial charge in [0.1, 0.15) is 0 Å². The van der Waals surface area contributed by atoms with E-state index in [4.69, 9.17) is 5.11 Å². The molecule has 0 spiro atoms. The van der Waals surface area contributed by atoms with Crippen molar-refractivity contribution in [3.8, 4) is 0 Å². The molecule has 0 bridgehead atoms. The predicted octanol–water partition coefficient (Wildman–Crippen LogP) is 2.74. The highest BCUT2D eigenvalue weighted by Gasteiger charge is 2.14. The number of aliphatic hydroxyl groups excluding tert-OH is 1. The quantitative estimate of drug-likeness (QED) is 0.898. The number of benzene rings is 2. The molecule has 0 heterocycles. The van der Waals surface area contributed by atoms with Crippen molar-refractivity contribution >= 4 is 31.6 Å². The summed E-state index contributed by atoms with van der Waals surface area (Å²) in [4.78, 5) is 0.188. The highest BCUT2D eigenvalue weighted by Crippen LogP contribution is 2.19. The molecule has 100 valence electrons. The van der Waals surface area contributed by atoms with Crippen LogP contribution in [0.3, 0.4) is 0 Å². The second-order valence-corrected chi connectivity index (χ2v) is 6.52. The largest absolute Gasteiger partial charge is 0.392 e. The first-order valence-electron chi connectivity index (χ1n) is 5.49. The summed E-state index contributed by atoms with van der Waals surface area (Å²) in [5.41, 5.74) is 1.18. The van der Waals surface area contributed by atoms with Gasteiger partial charge in [-0.2, -0.15) is 0 Å². The number of nitrogens with one attached hydrogen (secondary N) is 1.